The topological polar surface area (TPSA) is 107 Å². The molecule has 10 heteroatoms. The Morgan fingerprint density at radius 2 is 2.00 bits per heavy atom. The van der Waals surface area contributed by atoms with Gasteiger partial charge >= 0.3 is 6.03 Å². The van der Waals surface area contributed by atoms with E-state index in [-0.39, 0.29) is 5.13 Å². The molecule has 2 N–H and O–H groups in total. The van der Waals surface area contributed by atoms with Gasteiger partial charge in [0.15, 0.2) is 4.34 Å². The minimum atomic E-state index is -1.17. The Labute approximate surface area is 139 Å². The summed E-state index contributed by atoms with van der Waals surface area (Å²) in [5.74, 6) is -1.57. The maximum absolute atomic E-state index is 12.8. The number of carbonyl (C=O) groups excluding carboxylic acids is 2. The summed E-state index contributed by atoms with van der Waals surface area (Å²) in [7, 11) is 0. The fourth-order valence-corrected chi connectivity index (χ4v) is 3.36. The average molecular weight is 355 g/mol. The molecule has 2 aromatic rings. The Kier molecular flexibility index (Phi) is 5.88. The number of hydrogen-bond acceptors (Lipinski definition) is 7. The molecule has 0 fully saturated rings. The first kappa shape index (κ1) is 17.2. The van der Waals surface area contributed by atoms with Crippen molar-refractivity contribution in [3.8, 4) is 0 Å². The van der Waals surface area contributed by atoms with E-state index in [1.165, 1.54) is 24.3 Å². The monoisotopic (exact) mass is 355 g/mol. The van der Waals surface area contributed by atoms with E-state index >= 15 is 0 Å². The third-order valence-electron chi connectivity index (χ3n) is 2.61. The van der Waals surface area contributed by atoms with E-state index in [1.54, 1.807) is 6.92 Å². The summed E-state index contributed by atoms with van der Waals surface area (Å²) >= 11 is 2.07. The van der Waals surface area contributed by atoms with Crippen molar-refractivity contribution in [2.24, 2.45) is 0 Å². The van der Waals surface area contributed by atoms with Gasteiger partial charge in [-0.1, -0.05) is 30.0 Å². The second-order valence-electron chi connectivity index (χ2n) is 4.29. The minimum Gasteiger partial charge on any atom is -0.549 e. The summed E-state index contributed by atoms with van der Waals surface area (Å²) in [5.41, 5.74) is 0.422. The van der Waals surface area contributed by atoms with Crippen molar-refractivity contribution in [3.05, 3.63) is 30.1 Å². The van der Waals surface area contributed by atoms with Crippen molar-refractivity contribution in [1.82, 2.24) is 10.2 Å². The van der Waals surface area contributed by atoms with Crippen LogP contribution < -0.4 is 15.7 Å². The highest BCUT2D eigenvalue weighted by atomic mass is 32.2. The third kappa shape index (κ3) is 5.18. The molecule has 0 spiro atoms. The van der Waals surface area contributed by atoms with Gasteiger partial charge in [-0.05, 0) is 30.7 Å². The lowest BCUT2D eigenvalue weighted by molar-refractivity contribution is -0.304. The number of carboxylic acids is 1. The number of benzene rings is 1. The molecular formula is C13H12FN4O3S2-. The van der Waals surface area contributed by atoms with E-state index < -0.39 is 23.1 Å². The van der Waals surface area contributed by atoms with E-state index in [0.29, 0.717) is 16.4 Å². The van der Waals surface area contributed by atoms with Crippen LogP contribution in [0.15, 0.2) is 28.6 Å². The summed E-state index contributed by atoms with van der Waals surface area (Å²) < 4.78 is 13.2. The number of rotatable bonds is 6. The van der Waals surface area contributed by atoms with Gasteiger partial charge in [0.05, 0.1) is 11.2 Å². The van der Waals surface area contributed by atoms with Crippen molar-refractivity contribution >= 4 is 45.9 Å². The number of anilines is 2. The van der Waals surface area contributed by atoms with Gasteiger partial charge in [-0.3, -0.25) is 5.32 Å². The molecule has 0 unspecified atom stereocenters. The summed E-state index contributed by atoms with van der Waals surface area (Å²) in [4.78, 5) is 22.6. The number of aliphatic carboxylic acids is 1. The van der Waals surface area contributed by atoms with Crippen molar-refractivity contribution in [3.63, 3.8) is 0 Å². The lowest BCUT2D eigenvalue weighted by Gasteiger charge is -2.12. The van der Waals surface area contributed by atoms with Gasteiger partial charge in [-0.2, -0.15) is 0 Å². The highest BCUT2D eigenvalue weighted by Crippen LogP contribution is 2.30. The van der Waals surface area contributed by atoms with Gasteiger partial charge in [0.25, 0.3) is 0 Å². The first-order valence-corrected chi connectivity index (χ1v) is 8.22. The zero-order valence-electron chi connectivity index (χ0n) is 11.9. The molecule has 0 bridgehead atoms. The molecule has 1 heterocycles. The Morgan fingerprint density at radius 1 is 1.30 bits per heavy atom. The van der Waals surface area contributed by atoms with Gasteiger partial charge in [0.2, 0.25) is 5.13 Å². The van der Waals surface area contributed by atoms with E-state index in [4.69, 9.17) is 0 Å². The highest BCUT2D eigenvalue weighted by Gasteiger charge is 2.14. The standard InChI is InChI=1S/C13H13FN4O3S2/c1-2-9(10(19)20)22-13-18-17-12(23-13)16-11(21)15-8-5-3-7(14)4-6-8/h3-6,9H,2H2,1H3,(H,19,20)(H2,15,16,17,21)/p-1/t9-/m0/s1. The fourth-order valence-electron chi connectivity index (χ4n) is 1.52. The quantitative estimate of drug-likeness (QED) is 0.606. The molecule has 2 rings (SSSR count). The largest absolute Gasteiger partial charge is 0.549 e. The number of nitrogens with zero attached hydrogens (tertiary/aromatic N) is 2. The molecule has 122 valence electrons. The minimum absolute atomic E-state index is 0.223. The van der Waals surface area contributed by atoms with Crippen LogP contribution in [0.25, 0.3) is 0 Å². The summed E-state index contributed by atoms with van der Waals surface area (Å²) in [5, 5.41) is 22.9. The molecule has 23 heavy (non-hydrogen) atoms. The SMILES string of the molecule is CC[C@H](Sc1nnc(NC(=O)Nc2ccc(F)cc2)s1)C(=O)[O-]. The molecule has 1 aromatic carbocycles. The van der Waals surface area contributed by atoms with Gasteiger partial charge in [0, 0.05) is 5.69 Å². The zero-order valence-corrected chi connectivity index (χ0v) is 13.5. The highest BCUT2D eigenvalue weighted by molar-refractivity contribution is 8.02. The Hall–Kier alpha value is -2.20. The van der Waals surface area contributed by atoms with Crippen LogP contribution in [0.2, 0.25) is 0 Å². The molecule has 0 aliphatic carbocycles. The Balaban J connectivity index is 1.91. The number of carbonyl (C=O) groups is 2. The molecule has 0 aliphatic rings. The number of amides is 2. The van der Waals surface area contributed by atoms with Crippen LogP contribution in [0.4, 0.5) is 20.0 Å². The number of hydrogen-bond donors (Lipinski definition) is 2. The van der Waals surface area contributed by atoms with Crippen LogP contribution in [0.5, 0.6) is 0 Å². The maximum Gasteiger partial charge on any atom is 0.325 e. The van der Waals surface area contributed by atoms with Gasteiger partial charge in [0.1, 0.15) is 5.82 Å². The summed E-state index contributed by atoms with van der Waals surface area (Å²) in [6, 6.07) is 4.72. The first-order valence-electron chi connectivity index (χ1n) is 6.52. The van der Waals surface area contributed by atoms with Crippen molar-refractivity contribution < 1.29 is 19.1 Å². The fraction of sp³-hybridized carbons (Fsp3) is 0.231. The number of thioether (sulfide) groups is 1. The van der Waals surface area contributed by atoms with E-state index in [2.05, 4.69) is 20.8 Å². The Bertz CT molecular complexity index is 693. The van der Waals surface area contributed by atoms with Crippen molar-refractivity contribution in [2.45, 2.75) is 22.9 Å². The first-order chi connectivity index (χ1) is 11.0. The molecule has 1 aromatic heterocycles. The molecule has 2 amide bonds. The van der Waals surface area contributed by atoms with Crippen molar-refractivity contribution in [1.29, 1.82) is 0 Å². The number of urea groups is 1. The van der Waals surface area contributed by atoms with E-state index in [0.717, 1.165) is 23.1 Å². The lowest BCUT2D eigenvalue weighted by atomic mass is 10.3. The number of nitrogens with one attached hydrogen (secondary N) is 2. The Morgan fingerprint density at radius 3 is 2.61 bits per heavy atom. The van der Waals surface area contributed by atoms with Crippen LogP contribution in [0.3, 0.4) is 0 Å². The summed E-state index contributed by atoms with van der Waals surface area (Å²) in [6.07, 6.45) is 0.389. The van der Waals surface area contributed by atoms with Crippen LogP contribution in [0.1, 0.15) is 13.3 Å². The second kappa shape index (κ2) is 7.88. The number of halogens is 1. The van der Waals surface area contributed by atoms with Crippen LogP contribution in [0, 0.1) is 5.82 Å². The molecular weight excluding hydrogens is 343 g/mol. The van der Waals surface area contributed by atoms with E-state index in [1.807, 2.05) is 0 Å². The van der Waals surface area contributed by atoms with E-state index in [9.17, 15) is 19.1 Å². The molecule has 0 saturated heterocycles. The van der Waals surface area contributed by atoms with Crippen LogP contribution in [-0.2, 0) is 4.79 Å². The maximum atomic E-state index is 12.8. The molecule has 0 radical (unpaired) electrons. The predicted octanol–water partition coefficient (Wildman–Crippen LogP) is 1.94. The smallest absolute Gasteiger partial charge is 0.325 e. The van der Waals surface area contributed by atoms with Crippen molar-refractivity contribution in [2.75, 3.05) is 10.6 Å². The lowest BCUT2D eigenvalue weighted by Crippen LogP contribution is -2.32. The molecule has 0 aliphatic heterocycles. The van der Waals surface area contributed by atoms with Gasteiger partial charge in [-0.15, -0.1) is 10.2 Å². The van der Waals surface area contributed by atoms with Gasteiger partial charge in [-0.25, -0.2) is 9.18 Å². The van der Waals surface area contributed by atoms with Crippen LogP contribution >= 0.6 is 23.1 Å². The normalized spacial score (nSPS) is 11.7. The van der Waals surface area contributed by atoms with Crippen LogP contribution in [-0.4, -0.2) is 27.4 Å². The predicted molar refractivity (Wildman–Crippen MR) is 83.9 cm³/mol. The summed E-state index contributed by atoms with van der Waals surface area (Å²) in [6.45, 7) is 1.73. The number of carboxylic acid groups (broad SMARTS) is 1. The molecule has 1 atom stereocenters. The number of aromatic nitrogens is 2. The zero-order chi connectivity index (χ0) is 16.8. The second-order valence-corrected chi connectivity index (χ2v) is 6.72. The van der Waals surface area contributed by atoms with Gasteiger partial charge < -0.3 is 15.2 Å². The molecule has 0 saturated carbocycles. The molecule has 7 nitrogen and oxygen atoms in total. The average Bonchev–Trinajstić information content (AvgIpc) is 2.94. The third-order valence-corrected chi connectivity index (χ3v) is 4.87.